The molecule has 0 amide bonds. The lowest BCUT2D eigenvalue weighted by molar-refractivity contribution is 0.672. The van der Waals surface area contributed by atoms with Crippen LogP contribution in [0, 0.1) is 0 Å². The first-order valence-electron chi connectivity index (χ1n) is 20.6. The summed E-state index contributed by atoms with van der Waals surface area (Å²) in [6, 6.07) is 15.9. The molecule has 0 aliphatic carbocycles. The van der Waals surface area contributed by atoms with Gasteiger partial charge in [-0.3, -0.25) is 0 Å². The second-order valence-corrected chi connectivity index (χ2v) is 10.2. The molecule has 0 unspecified atom stereocenters. The molecule has 0 N–H and O–H groups in total. The Labute approximate surface area is 268 Å². The fraction of sp³-hybridized carbons (Fsp3) is 0. The zero-order valence-corrected chi connectivity index (χ0v) is 22.3. The molecule has 0 atom stereocenters. The summed E-state index contributed by atoms with van der Waals surface area (Å²) in [5.74, 6) is 0. The maximum atomic E-state index is 9.68. The monoisotopic (exact) mass is 560 g/mol. The lowest BCUT2D eigenvalue weighted by Gasteiger charge is -2.18. The molecule has 1 heterocycles. The number of rotatable bonds is 3. The van der Waals surface area contributed by atoms with Gasteiger partial charge in [0.05, 0.1) is 19.2 Å². The molecular weight excluding hydrogens is 520 g/mol. The Morgan fingerprint density at radius 2 is 1.00 bits per heavy atom. The van der Waals surface area contributed by atoms with Crippen molar-refractivity contribution in [1.82, 2.24) is 0 Å². The smallest absolute Gasteiger partial charge is 0.143 e. The van der Waals surface area contributed by atoms with Crippen molar-refractivity contribution < 1.29 is 23.6 Å². The molecule has 0 spiro atoms. The highest BCUT2D eigenvalue weighted by molar-refractivity contribution is 6.22. The van der Waals surface area contributed by atoms with Crippen molar-refractivity contribution in [2.75, 3.05) is 0 Å². The Balaban J connectivity index is 1.35. The Kier molecular flexibility index (Phi) is 3.07. The van der Waals surface area contributed by atoms with Crippen molar-refractivity contribution in [2.24, 2.45) is 0 Å². The molecule has 8 aromatic carbocycles. The zero-order valence-electron chi connectivity index (χ0n) is 36.3. The van der Waals surface area contributed by atoms with Gasteiger partial charge in [-0.25, -0.2) is 0 Å². The fourth-order valence-electron chi connectivity index (χ4n) is 5.94. The number of fused-ring (bicyclic) bond motifs is 7. The van der Waals surface area contributed by atoms with E-state index in [0.29, 0.717) is 21.9 Å². The Morgan fingerprint density at radius 1 is 0.395 bits per heavy atom. The summed E-state index contributed by atoms with van der Waals surface area (Å²) in [4.78, 5) is 0. The van der Waals surface area contributed by atoms with Crippen molar-refractivity contribution in [3.8, 4) is 33.4 Å². The first-order valence-corrected chi connectivity index (χ1v) is 13.6. The van der Waals surface area contributed by atoms with Crippen molar-refractivity contribution in [1.29, 1.82) is 0 Å². The maximum absolute atomic E-state index is 9.68. The van der Waals surface area contributed by atoms with Crippen molar-refractivity contribution >= 4 is 54.3 Å². The largest absolute Gasteiger partial charge is 0.455 e. The first kappa shape index (κ1) is 14.0. The summed E-state index contributed by atoms with van der Waals surface area (Å²) >= 11 is 0. The van der Waals surface area contributed by atoms with Gasteiger partial charge in [0.2, 0.25) is 0 Å². The SMILES string of the molecule is [2H]c1c([2H])c([2H])c(-c2ccc(-c3c4ccccc4c(-c4c([2H])c([2H])c5oc6c7c([2H])c([2H])c([2H])c([2H])c7c([2H])c([2H])c6c5c4[2H])c4ccccc34)cc2)c([2H])c1[2H]. The number of hydrogen-bond donors (Lipinski definition) is 0. The van der Waals surface area contributed by atoms with Gasteiger partial charge in [-0.2, -0.15) is 0 Å². The molecule has 0 saturated carbocycles. The highest BCUT2D eigenvalue weighted by atomic mass is 16.3. The summed E-state index contributed by atoms with van der Waals surface area (Å²) in [6.45, 7) is 0. The Bertz CT molecular complexity index is 3190. The average Bonchev–Trinajstić information content (AvgIpc) is 3.62. The van der Waals surface area contributed by atoms with E-state index < -0.39 is 60.4 Å². The Morgan fingerprint density at radius 3 is 1.70 bits per heavy atom. The third-order valence-corrected chi connectivity index (χ3v) is 7.83. The first-order chi connectivity index (χ1) is 27.2. The molecule has 0 aliphatic heterocycles. The normalized spacial score (nSPS) is 16.3. The summed E-state index contributed by atoms with van der Waals surface area (Å²) in [5.41, 5.74) is 2.24. The molecule has 200 valence electrons. The molecule has 1 heteroatoms. The van der Waals surface area contributed by atoms with Crippen LogP contribution in [-0.4, -0.2) is 0 Å². The summed E-state index contributed by atoms with van der Waals surface area (Å²) in [7, 11) is 0. The molecule has 9 rings (SSSR count). The second kappa shape index (κ2) is 9.44. The van der Waals surface area contributed by atoms with Crippen LogP contribution in [0.3, 0.4) is 0 Å². The minimum atomic E-state index is -0.568. The molecule has 43 heavy (non-hydrogen) atoms. The van der Waals surface area contributed by atoms with Gasteiger partial charge in [0.1, 0.15) is 11.2 Å². The van der Waals surface area contributed by atoms with E-state index in [9.17, 15) is 4.11 Å². The molecule has 1 nitrogen and oxygen atoms in total. The van der Waals surface area contributed by atoms with Gasteiger partial charge in [-0.05, 0) is 78.4 Å². The molecule has 0 saturated heterocycles. The molecule has 1 aromatic heterocycles. The zero-order chi connectivity index (χ0) is 40.5. The third kappa shape index (κ3) is 3.72. The van der Waals surface area contributed by atoms with Crippen LogP contribution in [0.5, 0.6) is 0 Å². The highest BCUT2D eigenvalue weighted by Crippen LogP contribution is 2.45. The molecule has 0 radical (unpaired) electrons. The van der Waals surface area contributed by atoms with E-state index in [2.05, 4.69) is 0 Å². The number of benzene rings is 8. The summed E-state index contributed by atoms with van der Waals surface area (Å²) in [6.07, 6.45) is 0. The fourth-order valence-corrected chi connectivity index (χ4v) is 5.94. The van der Waals surface area contributed by atoms with Crippen LogP contribution in [0.2, 0.25) is 0 Å². The average molecular weight is 561 g/mol. The highest BCUT2D eigenvalue weighted by Gasteiger charge is 2.18. The van der Waals surface area contributed by atoms with Crippen LogP contribution in [0.1, 0.15) is 19.2 Å². The predicted octanol–water partition coefficient (Wildman–Crippen LogP) is 12.0. The summed E-state index contributed by atoms with van der Waals surface area (Å²) < 4.78 is 127. The van der Waals surface area contributed by atoms with Gasteiger partial charge in [-0.15, -0.1) is 0 Å². The van der Waals surface area contributed by atoms with E-state index in [-0.39, 0.29) is 68.0 Å². The van der Waals surface area contributed by atoms with Gasteiger partial charge in [0.25, 0.3) is 0 Å². The minimum absolute atomic E-state index is 0.0192. The van der Waals surface area contributed by atoms with Gasteiger partial charge in [0, 0.05) is 16.2 Å². The minimum Gasteiger partial charge on any atom is -0.455 e. The lowest BCUT2D eigenvalue weighted by Crippen LogP contribution is -1.91. The van der Waals surface area contributed by atoms with E-state index in [4.69, 9.17) is 19.5 Å². The van der Waals surface area contributed by atoms with E-state index in [1.807, 2.05) is 60.7 Å². The van der Waals surface area contributed by atoms with E-state index >= 15 is 0 Å². The molecule has 9 aromatic rings. The Hall–Kier alpha value is -5.66. The maximum Gasteiger partial charge on any atom is 0.143 e. The number of furan rings is 1. The van der Waals surface area contributed by atoms with Crippen molar-refractivity contribution in [2.45, 2.75) is 0 Å². The molecular formula is C42H26O. The lowest BCUT2D eigenvalue weighted by atomic mass is 9.85. The van der Waals surface area contributed by atoms with E-state index in [0.717, 1.165) is 21.9 Å². The topological polar surface area (TPSA) is 13.1 Å². The van der Waals surface area contributed by atoms with Crippen LogP contribution in [0.4, 0.5) is 0 Å². The van der Waals surface area contributed by atoms with Crippen LogP contribution in [-0.2, 0) is 0 Å². The van der Waals surface area contributed by atoms with Gasteiger partial charge < -0.3 is 4.42 Å². The van der Waals surface area contributed by atoms with E-state index in [1.54, 1.807) is 12.1 Å². The third-order valence-electron chi connectivity index (χ3n) is 7.83. The molecule has 0 bridgehead atoms. The molecule has 0 aliphatic rings. The van der Waals surface area contributed by atoms with Crippen molar-refractivity contribution in [3.05, 3.63) is 157 Å². The van der Waals surface area contributed by atoms with Gasteiger partial charge in [0.15, 0.2) is 0 Å². The van der Waals surface area contributed by atoms with Crippen LogP contribution >= 0.6 is 0 Å². The standard InChI is InChI=1S/C42H26O/c1-2-10-27(11-3-1)28-18-20-30(21-19-28)40-33-14-6-8-16-35(33)41(36-17-9-7-15-34(36)40)31-23-25-39-38(26-31)37-24-22-29-12-4-5-13-32(29)42(37)43-39/h1-26H/i1D,2D,3D,4D,5D,10D,11D,12D,13D,22D,23D,24D,25D,26D. The van der Waals surface area contributed by atoms with Crippen molar-refractivity contribution in [3.63, 3.8) is 0 Å². The quantitative estimate of drug-likeness (QED) is 0.196. The van der Waals surface area contributed by atoms with Crippen LogP contribution in [0.25, 0.3) is 87.6 Å². The van der Waals surface area contributed by atoms with Gasteiger partial charge >= 0.3 is 0 Å². The van der Waals surface area contributed by atoms with Crippen LogP contribution < -0.4 is 0 Å². The van der Waals surface area contributed by atoms with Gasteiger partial charge in [-0.1, -0.05) is 139 Å². The predicted molar refractivity (Wildman–Crippen MR) is 183 cm³/mol. The van der Waals surface area contributed by atoms with Crippen LogP contribution in [0.15, 0.2) is 162 Å². The molecule has 0 fully saturated rings. The summed E-state index contributed by atoms with van der Waals surface area (Å²) in [5, 5.41) is 2.32. The second-order valence-electron chi connectivity index (χ2n) is 10.2. The van der Waals surface area contributed by atoms with E-state index in [1.165, 1.54) is 0 Å². The number of hydrogen-bond acceptors (Lipinski definition) is 1.